The van der Waals surface area contributed by atoms with E-state index in [0.717, 1.165) is 6.07 Å². The minimum atomic E-state index is -3.09. The fourth-order valence-corrected chi connectivity index (χ4v) is 3.13. The monoisotopic (exact) mass is 415 g/mol. The van der Waals surface area contributed by atoms with Crippen LogP contribution in [-0.4, -0.2) is 63.6 Å². The number of carboxylic acids is 1. The molecule has 2 heterocycles. The van der Waals surface area contributed by atoms with E-state index in [9.17, 15) is 28.9 Å². The fraction of sp³-hybridized carbons (Fsp3) is 0.389. The predicted molar refractivity (Wildman–Crippen MR) is 93.1 cm³/mol. The second kappa shape index (κ2) is 8.05. The first-order valence-corrected chi connectivity index (χ1v) is 8.47. The molecule has 5 unspecified atom stereocenters. The molecule has 1 aromatic carbocycles. The molecule has 0 radical (unpaired) electrons. The first-order chi connectivity index (χ1) is 13.6. The standard InChI is InChI=1S/C18H19F2NO8/c1-6-4-7(5-21)8-2-3-9(10(16(19)20)14(8)27-6)28-18-13(24)11(22)12(23)15(29-18)17(25)26/h2-4,11-13,15-16,18,22-24H,1,5,21H2,(H,25,26). The van der Waals surface area contributed by atoms with Gasteiger partial charge < -0.3 is 40.4 Å². The Labute approximate surface area is 163 Å². The van der Waals surface area contributed by atoms with Crippen LogP contribution in [0.4, 0.5) is 8.78 Å². The van der Waals surface area contributed by atoms with Crippen LogP contribution < -0.4 is 15.2 Å². The van der Waals surface area contributed by atoms with Crippen LogP contribution in [-0.2, 0) is 9.53 Å². The summed E-state index contributed by atoms with van der Waals surface area (Å²) >= 11 is 0. The molecule has 0 bridgehead atoms. The average Bonchev–Trinajstić information content (AvgIpc) is 2.66. The Morgan fingerprint density at radius 1 is 1.24 bits per heavy atom. The van der Waals surface area contributed by atoms with Gasteiger partial charge in [-0.25, -0.2) is 13.6 Å². The maximum Gasteiger partial charge on any atom is 0.335 e. The number of alkyl halides is 2. The third kappa shape index (κ3) is 3.82. The van der Waals surface area contributed by atoms with Crippen LogP contribution in [0.2, 0.25) is 0 Å². The second-order valence-electron chi connectivity index (χ2n) is 6.45. The molecule has 11 heteroatoms. The number of hydrogen-bond donors (Lipinski definition) is 5. The highest BCUT2D eigenvalue weighted by Gasteiger charge is 2.48. The van der Waals surface area contributed by atoms with Crippen molar-refractivity contribution in [2.45, 2.75) is 37.1 Å². The molecule has 0 spiro atoms. The number of rotatable bonds is 5. The second-order valence-corrected chi connectivity index (χ2v) is 6.45. The highest BCUT2D eigenvalue weighted by molar-refractivity contribution is 5.78. The zero-order valence-electron chi connectivity index (χ0n) is 14.9. The number of aliphatic hydroxyl groups is 3. The van der Waals surface area contributed by atoms with E-state index in [0.29, 0.717) is 11.1 Å². The summed E-state index contributed by atoms with van der Waals surface area (Å²) in [6.07, 6.45) is -11.2. The molecular weight excluding hydrogens is 396 g/mol. The Morgan fingerprint density at radius 2 is 1.93 bits per heavy atom. The highest BCUT2D eigenvalue weighted by atomic mass is 19.3. The molecule has 0 amide bonds. The lowest BCUT2D eigenvalue weighted by Gasteiger charge is -2.38. The number of aliphatic hydroxyl groups excluding tert-OH is 3. The van der Waals surface area contributed by atoms with Crippen molar-refractivity contribution in [1.29, 1.82) is 0 Å². The van der Waals surface area contributed by atoms with Crippen LogP contribution in [0.15, 0.2) is 30.5 Å². The lowest BCUT2D eigenvalue weighted by molar-refractivity contribution is -0.271. The Kier molecular flexibility index (Phi) is 5.87. The quantitative estimate of drug-likeness (QED) is 0.452. The molecule has 9 nitrogen and oxygen atoms in total. The van der Waals surface area contributed by atoms with E-state index < -0.39 is 54.4 Å². The lowest BCUT2D eigenvalue weighted by atomic mass is 9.97. The molecule has 1 saturated heterocycles. The maximum atomic E-state index is 13.8. The average molecular weight is 415 g/mol. The van der Waals surface area contributed by atoms with E-state index in [1.165, 1.54) is 12.1 Å². The SMILES string of the molecule is C=C1C=C(CN)c2ccc(OC3OC(C(=O)O)C(O)C(O)C3O)c(C(F)F)c2O1. The fourth-order valence-electron chi connectivity index (χ4n) is 3.13. The topological polar surface area (TPSA) is 152 Å². The summed E-state index contributed by atoms with van der Waals surface area (Å²) in [5.41, 5.74) is 5.75. The van der Waals surface area contributed by atoms with E-state index in [1.807, 2.05) is 0 Å². The van der Waals surface area contributed by atoms with E-state index >= 15 is 0 Å². The molecule has 158 valence electrons. The molecule has 29 heavy (non-hydrogen) atoms. The van der Waals surface area contributed by atoms with E-state index in [4.69, 9.17) is 25.1 Å². The van der Waals surface area contributed by atoms with Crippen molar-refractivity contribution in [1.82, 2.24) is 0 Å². The molecule has 2 aliphatic rings. The number of allylic oxidation sites excluding steroid dienone is 1. The number of fused-ring (bicyclic) bond motifs is 1. The summed E-state index contributed by atoms with van der Waals surface area (Å²) in [4.78, 5) is 11.2. The van der Waals surface area contributed by atoms with Crippen molar-refractivity contribution < 1.29 is 48.2 Å². The van der Waals surface area contributed by atoms with Gasteiger partial charge in [0.25, 0.3) is 6.43 Å². The van der Waals surface area contributed by atoms with Crippen molar-refractivity contribution >= 4 is 11.5 Å². The first kappa shape index (κ1) is 21.1. The van der Waals surface area contributed by atoms with Gasteiger partial charge in [-0.3, -0.25) is 0 Å². The van der Waals surface area contributed by atoms with Gasteiger partial charge in [-0.15, -0.1) is 0 Å². The zero-order chi connectivity index (χ0) is 21.5. The number of nitrogens with two attached hydrogens (primary N) is 1. The minimum Gasteiger partial charge on any atom is -0.479 e. The molecule has 0 aromatic heterocycles. The number of aliphatic carboxylic acids is 1. The van der Waals surface area contributed by atoms with Gasteiger partial charge in [0.2, 0.25) is 6.29 Å². The van der Waals surface area contributed by atoms with Crippen molar-refractivity contribution in [3.05, 3.63) is 41.7 Å². The van der Waals surface area contributed by atoms with E-state index in [-0.39, 0.29) is 18.1 Å². The van der Waals surface area contributed by atoms with Crippen LogP contribution in [0.3, 0.4) is 0 Å². The number of halogens is 2. The van der Waals surface area contributed by atoms with Crippen molar-refractivity contribution in [3.8, 4) is 11.5 Å². The highest BCUT2D eigenvalue weighted by Crippen LogP contribution is 2.45. The molecule has 0 aliphatic carbocycles. The molecule has 3 rings (SSSR count). The summed E-state index contributed by atoms with van der Waals surface area (Å²) in [7, 11) is 0. The number of hydrogen-bond acceptors (Lipinski definition) is 8. The van der Waals surface area contributed by atoms with Crippen LogP contribution in [0, 0.1) is 0 Å². The number of ether oxygens (including phenoxy) is 3. The summed E-state index contributed by atoms with van der Waals surface area (Å²) in [6, 6.07) is 2.56. The smallest absolute Gasteiger partial charge is 0.335 e. The van der Waals surface area contributed by atoms with Gasteiger partial charge in [0.1, 0.15) is 41.1 Å². The molecule has 1 fully saturated rings. The zero-order valence-corrected chi connectivity index (χ0v) is 14.9. The summed E-state index contributed by atoms with van der Waals surface area (Å²) in [5, 5.41) is 38.7. The Bertz CT molecular complexity index is 859. The third-order valence-electron chi connectivity index (χ3n) is 4.56. The number of carboxylic acid groups (broad SMARTS) is 1. The summed E-state index contributed by atoms with van der Waals surface area (Å²) in [5.74, 6) is -2.27. The van der Waals surface area contributed by atoms with Gasteiger partial charge in [-0.2, -0.15) is 0 Å². The first-order valence-electron chi connectivity index (χ1n) is 8.47. The Morgan fingerprint density at radius 3 is 2.52 bits per heavy atom. The molecule has 2 aliphatic heterocycles. The number of carbonyl (C=O) groups is 1. The molecule has 1 aromatic rings. The normalized spacial score (nSPS) is 29.1. The lowest BCUT2D eigenvalue weighted by Crippen LogP contribution is -2.61. The number of benzene rings is 1. The van der Waals surface area contributed by atoms with Gasteiger partial charge in [-0.05, 0) is 23.8 Å². The minimum absolute atomic E-state index is 0.0348. The third-order valence-corrected chi connectivity index (χ3v) is 4.56. The molecule has 0 saturated carbocycles. The summed E-state index contributed by atoms with van der Waals surface area (Å²) < 4.78 is 43.3. The van der Waals surface area contributed by atoms with Gasteiger partial charge >= 0.3 is 5.97 Å². The van der Waals surface area contributed by atoms with Gasteiger partial charge in [0.05, 0.1) is 0 Å². The van der Waals surface area contributed by atoms with E-state index in [1.54, 1.807) is 0 Å². The maximum absolute atomic E-state index is 13.8. The van der Waals surface area contributed by atoms with Gasteiger partial charge in [0.15, 0.2) is 6.10 Å². The van der Waals surface area contributed by atoms with Gasteiger partial charge in [-0.1, -0.05) is 6.58 Å². The van der Waals surface area contributed by atoms with E-state index in [2.05, 4.69) is 6.58 Å². The van der Waals surface area contributed by atoms with Crippen molar-refractivity contribution in [2.24, 2.45) is 5.73 Å². The van der Waals surface area contributed by atoms with Crippen molar-refractivity contribution in [2.75, 3.05) is 6.54 Å². The van der Waals surface area contributed by atoms with Gasteiger partial charge in [0, 0.05) is 12.1 Å². The van der Waals surface area contributed by atoms with Crippen LogP contribution in [0.5, 0.6) is 11.5 Å². The van der Waals surface area contributed by atoms with Crippen LogP contribution in [0.25, 0.3) is 5.57 Å². The Balaban J connectivity index is 1.99. The Hall–Kier alpha value is -2.57. The van der Waals surface area contributed by atoms with Crippen molar-refractivity contribution in [3.63, 3.8) is 0 Å². The molecule has 6 N–H and O–H groups in total. The molecule has 5 atom stereocenters. The van der Waals surface area contributed by atoms with Crippen LogP contribution >= 0.6 is 0 Å². The largest absolute Gasteiger partial charge is 0.479 e. The predicted octanol–water partition coefficient (Wildman–Crippen LogP) is 0.143. The summed E-state index contributed by atoms with van der Waals surface area (Å²) in [6.45, 7) is 3.62. The molecular formula is C18H19F2NO8. The van der Waals surface area contributed by atoms with Crippen LogP contribution in [0.1, 0.15) is 17.6 Å².